The summed E-state index contributed by atoms with van der Waals surface area (Å²) in [7, 11) is 0. The third-order valence-corrected chi connectivity index (χ3v) is 3.96. The van der Waals surface area contributed by atoms with Crippen molar-refractivity contribution in [3.8, 4) is 0 Å². The zero-order valence-electron chi connectivity index (χ0n) is 13.0. The Labute approximate surface area is 134 Å². The third kappa shape index (κ3) is 4.37. The summed E-state index contributed by atoms with van der Waals surface area (Å²) in [5, 5.41) is 14.9. The first kappa shape index (κ1) is 16.6. The number of hydrogen-bond donors (Lipinski definition) is 2. The number of hydrogen-bond acceptors (Lipinski definition) is 5. The van der Waals surface area contributed by atoms with E-state index in [1.54, 1.807) is 11.8 Å². The lowest BCUT2D eigenvalue weighted by molar-refractivity contribution is -0.115. The maximum Gasteiger partial charge on any atom is 0.230 e. The lowest BCUT2D eigenvalue weighted by Gasteiger charge is -2.18. The number of thiazole rings is 1. The van der Waals surface area contributed by atoms with Crippen molar-refractivity contribution < 1.29 is 9.90 Å². The van der Waals surface area contributed by atoms with E-state index in [9.17, 15) is 9.90 Å². The van der Waals surface area contributed by atoms with Gasteiger partial charge in [0.25, 0.3) is 0 Å². The summed E-state index contributed by atoms with van der Waals surface area (Å²) in [5.41, 5.74) is 2.82. The molecule has 22 heavy (non-hydrogen) atoms. The van der Waals surface area contributed by atoms with Crippen LogP contribution in [0, 0.1) is 6.92 Å². The monoisotopic (exact) mass is 319 g/mol. The minimum Gasteiger partial charge on any atom is -0.392 e. The summed E-state index contributed by atoms with van der Waals surface area (Å²) in [4.78, 5) is 18.1. The van der Waals surface area contributed by atoms with E-state index in [2.05, 4.69) is 10.3 Å². The molecular formula is C16H21N3O2S. The molecule has 1 aromatic carbocycles. The predicted molar refractivity (Wildman–Crippen MR) is 89.5 cm³/mol. The van der Waals surface area contributed by atoms with Crippen LogP contribution >= 0.6 is 11.3 Å². The Bertz CT molecular complexity index is 623. The zero-order valence-corrected chi connectivity index (χ0v) is 13.9. The smallest absolute Gasteiger partial charge is 0.230 e. The number of aryl methyl sites for hydroxylation is 1. The first-order chi connectivity index (χ1) is 10.5. The highest BCUT2D eigenvalue weighted by atomic mass is 32.1. The van der Waals surface area contributed by atoms with Gasteiger partial charge in [-0.05, 0) is 26.0 Å². The highest BCUT2D eigenvalue weighted by Crippen LogP contribution is 2.29. The minimum absolute atomic E-state index is 0.0679. The number of nitrogens with zero attached hydrogens (tertiary/aromatic N) is 2. The number of aromatic nitrogens is 1. The number of carbonyl (C=O) groups excluding carboxylic acids is 1. The molecule has 2 N–H and O–H groups in total. The molecule has 1 unspecified atom stereocenters. The van der Waals surface area contributed by atoms with Crippen molar-refractivity contribution in [2.45, 2.75) is 33.4 Å². The molecule has 2 rings (SSSR count). The number of aliphatic hydroxyl groups excluding tert-OH is 1. The summed E-state index contributed by atoms with van der Waals surface area (Å²) in [6, 6.07) is 7.79. The van der Waals surface area contributed by atoms with Gasteiger partial charge < -0.3 is 10.4 Å². The van der Waals surface area contributed by atoms with Gasteiger partial charge in [0, 0.05) is 25.4 Å². The van der Waals surface area contributed by atoms with Crippen LogP contribution in [0.2, 0.25) is 0 Å². The maximum absolute atomic E-state index is 12.0. The number of rotatable bonds is 6. The van der Waals surface area contributed by atoms with E-state index < -0.39 is 0 Å². The van der Waals surface area contributed by atoms with E-state index >= 15 is 0 Å². The maximum atomic E-state index is 12.0. The Balaban J connectivity index is 2.14. The van der Waals surface area contributed by atoms with E-state index in [1.807, 2.05) is 36.6 Å². The molecule has 0 saturated carbocycles. The molecule has 0 bridgehead atoms. The van der Waals surface area contributed by atoms with Crippen LogP contribution in [-0.2, 0) is 11.3 Å². The average Bonchev–Trinajstić information content (AvgIpc) is 2.89. The number of benzene rings is 1. The molecular weight excluding hydrogens is 298 g/mol. The normalized spacial score (nSPS) is 12.2. The van der Waals surface area contributed by atoms with Gasteiger partial charge in [0.1, 0.15) is 0 Å². The number of amides is 1. The first-order valence-corrected chi connectivity index (χ1v) is 8.06. The van der Waals surface area contributed by atoms with Crippen molar-refractivity contribution in [2.24, 2.45) is 0 Å². The van der Waals surface area contributed by atoms with Crippen molar-refractivity contribution in [3.05, 3.63) is 40.9 Å². The molecule has 2 aromatic rings. The topological polar surface area (TPSA) is 65.5 Å². The molecule has 0 saturated heterocycles. The lowest BCUT2D eigenvalue weighted by Crippen LogP contribution is -2.24. The summed E-state index contributed by atoms with van der Waals surface area (Å²) in [6.45, 7) is 6.36. The second kappa shape index (κ2) is 7.49. The van der Waals surface area contributed by atoms with Crippen LogP contribution in [0.15, 0.2) is 29.6 Å². The van der Waals surface area contributed by atoms with Gasteiger partial charge >= 0.3 is 0 Å². The summed E-state index contributed by atoms with van der Waals surface area (Å²) >= 11 is 1.44. The van der Waals surface area contributed by atoms with Gasteiger partial charge in [-0.3, -0.25) is 9.69 Å². The van der Waals surface area contributed by atoms with Gasteiger partial charge in [-0.1, -0.05) is 17.7 Å². The fourth-order valence-electron chi connectivity index (χ4n) is 2.01. The SMILES string of the molecule is CC(=O)N(c1ccc(C)cc1)c1nc(CNCC(C)O)cs1. The van der Waals surface area contributed by atoms with Gasteiger partial charge in [0.05, 0.1) is 17.5 Å². The van der Waals surface area contributed by atoms with Crippen LogP contribution < -0.4 is 10.2 Å². The Morgan fingerprint density at radius 1 is 1.41 bits per heavy atom. The summed E-state index contributed by atoms with van der Waals surface area (Å²) < 4.78 is 0. The standard InChI is InChI=1S/C16H21N3O2S/c1-11-4-6-15(7-5-11)19(13(3)21)16-18-14(10-22-16)9-17-8-12(2)20/h4-7,10,12,17,20H,8-9H2,1-3H3. The highest BCUT2D eigenvalue weighted by Gasteiger charge is 2.17. The van der Waals surface area contributed by atoms with Crippen molar-refractivity contribution in [1.82, 2.24) is 10.3 Å². The van der Waals surface area contributed by atoms with Crippen molar-refractivity contribution in [2.75, 3.05) is 11.4 Å². The van der Waals surface area contributed by atoms with Crippen molar-refractivity contribution in [3.63, 3.8) is 0 Å². The highest BCUT2D eigenvalue weighted by molar-refractivity contribution is 7.14. The van der Waals surface area contributed by atoms with Gasteiger partial charge in [0.15, 0.2) is 5.13 Å². The molecule has 0 radical (unpaired) electrons. The van der Waals surface area contributed by atoms with Gasteiger partial charge in [-0.2, -0.15) is 0 Å². The molecule has 1 atom stereocenters. The van der Waals surface area contributed by atoms with Gasteiger partial charge in [-0.15, -0.1) is 11.3 Å². The molecule has 5 nitrogen and oxygen atoms in total. The summed E-state index contributed by atoms with van der Waals surface area (Å²) in [5.74, 6) is -0.0679. The molecule has 1 heterocycles. The van der Waals surface area contributed by atoms with E-state index in [0.717, 1.165) is 16.9 Å². The number of nitrogens with one attached hydrogen (secondary N) is 1. The molecule has 118 valence electrons. The Kier molecular flexibility index (Phi) is 5.65. The van der Waals surface area contributed by atoms with E-state index in [4.69, 9.17) is 0 Å². The Hall–Kier alpha value is -1.76. The number of anilines is 2. The molecule has 0 aliphatic carbocycles. The Morgan fingerprint density at radius 2 is 2.09 bits per heavy atom. The Morgan fingerprint density at radius 3 is 2.68 bits per heavy atom. The number of aliphatic hydroxyl groups is 1. The van der Waals surface area contributed by atoms with E-state index in [1.165, 1.54) is 18.3 Å². The number of carbonyl (C=O) groups is 1. The quantitative estimate of drug-likeness (QED) is 0.859. The fourth-order valence-corrected chi connectivity index (χ4v) is 2.90. The molecule has 1 aromatic heterocycles. The van der Waals surface area contributed by atoms with E-state index in [0.29, 0.717) is 18.2 Å². The molecule has 1 amide bonds. The van der Waals surface area contributed by atoms with Crippen LogP contribution in [0.3, 0.4) is 0 Å². The van der Waals surface area contributed by atoms with Crippen LogP contribution in [0.5, 0.6) is 0 Å². The van der Waals surface area contributed by atoms with Crippen LogP contribution in [0.4, 0.5) is 10.8 Å². The van der Waals surface area contributed by atoms with Crippen LogP contribution in [-0.4, -0.2) is 28.6 Å². The predicted octanol–water partition coefficient (Wildman–Crippen LogP) is 2.61. The molecule has 0 fully saturated rings. The van der Waals surface area contributed by atoms with E-state index in [-0.39, 0.29) is 12.0 Å². The molecule has 6 heteroatoms. The molecule has 0 aliphatic heterocycles. The van der Waals surface area contributed by atoms with Crippen molar-refractivity contribution in [1.29, 1.82) is 0 Å². The average molecular weight is 319 g/mol. The third-order valence-electron chi connectivity index (χ3n) is 3.08. The largest absolute Gasteiger partial charge is 0.392 e. The lowest BCUT2D eigenvalue weighted by atomic mass is 10.2. The fraction of sp³-hybridized carbons (Fsp3) is 0.375. The molecule has 0 spiro atoms. The first-order valence-electron chi connectivity index (χ1n) is 7.18. The minimum atomic E-state index is -0.389. The zero-order chi connectivity index (χ0) is 16.1. The second-order valence-corrected chi connectivity index (χ2v) is 6.13. The van der Waals surface area contributed by atoms with Crippen LogP contribution in [0.25, 0.3) is 0 Å². The second-order valence-electron chi connectivity index (χ2n) is 5.29. The van der Waals surface area contributed by atoms with Crippen LogP contribution in [0.1, 0.15) is 25.1 Å². The van der Waals surface area contributed by atoms with Gasteiger partial charge in [-0.25, -0.2) is 4.98 Å². The summed E-state index contributed by atoms with van der Waals surface area (Å²) in [6.07, 6.45) is -0.389. The van der Waals surface area contributed by atoms with Crippen molar-refractivity contribution >= 4 is 28.1 Å². The molecule has 0 aliphatic rings. The van der Waals surface area contributed by atoms with Gasteiger partial charge in [0.2, 0.25) is 5.91 Å².